The Kier molecular flexibility index (Phi) is 4.08. The molecule has 0 radical (unpaired) electrons. The van der Waals surface area contributed by atoms with Crippen LogP contribution in [0, 0.1) is 5.92 Å². The SMILES string of the molecule is CC(CCCC(F)(F)F)N1C2CCC1C(C(=O)O)C2. The van der Waals surface area contributed by atoms with Crippen molar-refractivity contribution in [3.05, 3.63) is 0 Å². The van der Waals surface area contributed by atoms with Gasteiger partial charge in [0, 0.05) is 24.5 Å². The third-order valence-corrected chi connectivity index (χ3v) is 4.50. The number of fused-ring (bicyclic) bond motifs is 2. The number of hydrogen-bond acceptors (Lipinski definition) is 2. The molecule has 0 aromatic heterocycles. The Morgan fingerprint density at radius 2 is 2.11 bits per heavy atom. The molecule has 19 heavy (non-hydrogen) atoms. The van der Waals surface area contributed by atoms with Crippen LogP contribution < -0.4 is 0 Å². The maximum atomic E-state index is 12.1. The second-order valence-corrected chi connectivity index (χ2v) is 5.78. The van der Waals surface area contributed by atoms with E-state index in [0.29, 0.717) is 12.8 Å². The van der Waals surface area contributed by atoms with Gasteiger partial charge in [0.05, 0.1) is 5.92 Å². The Morgan fingerprint density at radius 1 is 1.42 bits per heavy atom. The minimum absolute atomic E-state index is 0.0309. The number of carboxylic acids is 1. The van der Waals surface area contributed by atoms with Crippen LogP contribution in [0.4, 0.5) is 13.2 Å². The molecule has 2 heterocycles. The summed E-state index contributed by atoms with van der Waals surface area (Å²) in [4.78, 5) is 13.3. The molecule has 1 N–H and O–H groups in total. The molecule has 0 aliphatic carbocycles. The van der Waals surface area contributed by atoms with Crippen LogP contribution in [0.2, 0.25) is 0 Å². The Hall–Kier alpha value is -0.780. The Labute approximate surface area is 110 Å². The molecule has 2 bridgehead atoms. The van der Waals surface area contributed by atoms with E-state index in [1.807, 2.05) is 6.92 Å². The summed E-state index contributed by atoms with van der Waals surface area (Å²) in [5.74, 6) is -1.09. The molecule has 0 amide bonds. The van der Waals surface area contributed by atoms with Crippen molar-refractivity contribution in [2.75, 3.05) is 0 Å². The first-order chi connectivity index (χ1) is 8.79. The topological polar surface area (TPSA) is 40.5 Å². The van der Waals surface area contributed by atoms with E-state index in [4.69, 9.17) is 5.11 Å². The zero-order valence-electron chi connectivity index (χ0n) is 11.0. The van der Waals surface area contributed by atoms with Gasteiger partial charge in [-0.1, -0.05) is 0 Å². The second kappa shape index (κ2) is 5.31. The predicted octanol–water partition coefficient (Wildman–Crippen LogP) is 3.05. The van der Waals surface area contributed by atoms with E-state index in [0.717, 1.165) is 12.8 Å². The van der Waals surface area contributed by atoms with E-state index in [1.165, 1.54) is 0 Å². The van der Waals surface area contributed by atoms with Crippen LogP contribution in [0.25, 0.3) is 0 Å². The van der Waals surface area contributed by atoms with Gasteiger partial charge >= 0.3 is 12.1 Å². The highest BCUT2D eigenvalue weighted by Gasteiger charge is 2.50. The van der Waals surface area contributed by atoms with E-state index < -0.39 is 18.6 Å². The Morgan fingerprint density at radius 3 is 2.63 bits per heavy atom. The lowest BCUT2D eigenvalue weighted by Crippen LogP contribution is -2.39. The number of hydrogen-bond donors (Lipinski definition) is 1. The van der Waals surface area contributed by atoms with Gasteiger partial charge in [-0.05, 0) is 39.0 Å². The number of carbonyl (C=O) groups is 1. The fourth-order valence-corrected chi connectivity index (χ4v) is 3.73. The molecule has 2 aliphatic rings. The zero-order chi connectivity index (χ0) is 14.2. The third kappa shape index (κ3) is 3.22. The molecule has 0 saturated carbocycles. The minimum Gasteiger partial charge on any atom is -0.481 e. The molecule has 2 fully saturated rings. The number of aliphatic carboxylic acids is 1. The molecule has 3 nitrogen and oxygen atoms in total. The molecule has 6 heteroatoms. The molecule has 0 spiro atoms. The fraction of sp³-hybridized carbons (Fsp3) is 0.923. The Bertz CT molecular complexity index is 345. The molecule has 0 aromatic rings. The van der Waals surface area contributed by atoms with Crippen molar-refractivity contribution in [1.29, 1.82) is 0 Å². The van der Waals surface area contributed by atoms with Gasteiger partial charge in [-0.25, -0.2) is 0 Å². The number of halogens is 3. The highest BCUT2D eigenvalue weighted by molar-refractivity contribution is 5.71. The van der Waals surface area contributed by atoms with Crippen molar-refractivity contribution in [2.24, 2.45) is 5.92 Å². The van der Waals surface area contributed by atoms with Gasteiger partial charge in [-0.2, -0.15) is 13.2 Å². The molecule has 110 valence electrons. The van der Waals surface area contributed by atoms with Gasteiger partial charge in [0.15, 0.2) is 0 Å². The second-order valence-electron chi connectivity index (χ2n) is 5.78. The van der Waals surface area contributed by atoms with E-state index in [-0.39, 0.29) is 30.5 Å². The van der Waals surface area contributed by atoms with E-state index in [9.17, 15) is 18.0 Å². The number of rotatable bonds is 5. The van der Waals surface area contributed by atoms with Crippen molar-refractivity contribution in [2.45, 2.75) is 69.8 Å². The summed E-state index contributed by atoms with van der Waals surface area (Å²) < 4.78 is 36.4. The molecular formula is C13H20F3NO2. The van der Waals surface area contributed by atoms with Crippen LogP contribution in [0.3, 0.4) is 0 Å². The lowest BCUT2D eigenvalue weighted by atomic mass is 9.89. The van der Waals surface area contributed by atoms with Gasteiger partial charge in [0.25, 0.3) is 0 Å². The first kappa shape index (κ1) is 14.6. The molecule has 2 aliphatic heterocycles. The van der Waals surface area contributed by atoms with Gasteiger partial charge < -0.3 is 5.11 Å². The van der Waals surface area contributed by atoms with E-state index >= 15 is 0 Å². The van der Waals surface area contributed by atoms with Crippen LogP contribution in [0.1, 0.15) is 45.4 Å². The zero-order valence-corrected chi connectivity index (χ0v) is 11.0. The summed E-state index contributed by atoms with van der Waals surface area (Å²) in [7, 11) is 0. The lowest BCUT2D eigenvalue weighted by molar-refractivity contribution is -0.142. The van der Waals surface area contributed by atoms with Crippen molar-refractivity contribution in [3.63, 3.8) is 0 Å². The standard InChI is InChI=1S/C13H20F3NO2/c1-8(3-2-6-13(14,15)16)17-9-4-5-11(17)10(7-9)12(18)19/h8-11H,2-7H2,1H3,(H,18,19). The number of carboxylic acid groups (broad SMARTS) is 1. The maximum Gasteiger partial charge on any atom is 0.389 e. The average molecular weight is 279 g/mol. The van der Waals surface area contributed by atoms with Crippen molar-refractivity contribution < 1.29 is 23.1 Å². The van der Waals surface area contributed by atoms with E-state index in [1.54, 1.807) is 0 Å². The fourth-order valence-electron chi connectivity index (χ4n) is 3.73. The monoisotopic (exact) mass is 279 g/mol. The van der Waals surface area contributed by atoms with Crippen LogP contribution in [0.15, 0.2) is 0 Å². The number of nitrogens with zero attached hydrogens (tertiary/aromatic N) is 1. The first-order valence-electron chi connectivity index (χ1n) is 6.86. The summed E-state index contributed by atoms with van der Waals surface area (Å²) >= 11 is 0. The molecule has 4 atom stereocenters. The molecule has 4 unspecified atom stereocenters. The highest BCUT2D eigenvalue weighted by atomic mass is 19.4. The normalized spacial score (nSPS) is 32.7. The van der Waals surface area contributed by atoms with Crippen LogP contribution in [-0.4, -0.2) is 40.3 Å². The highest BCUT2D eigenvalue weighted by Crippen LogP contribution is 2.43. The van der Waals surface area contributed by atoms with Gasteiger partial charge in [-0.3, -0.25) is 9.69 Å². The quantitative estimate of drug-likeness (QED) is 0.841. The predicted molar refractivity (Wildman–Crippen MR) is 63.8 cm³/mol. The third-order valence-electron chi connectivity index (χ3n) is 4.50. The smallest absolute Gasteiger partial charge is 0.389 e. The first-order valence-corrected chi connectivity index (χ1v) is 6.86. The molecule has 2 saturated heterocycles. The Balaban J connectivity index is 1.87. The maximum absolute atomic E-state index is 12.1. The summed E-state index contributed by atoms with van der Waals surface area (Å²) in [6, 6.07) is 0.333. The van der Waals surface area contributed by atoms with Crippen molar-refractivity contribution in [3.8, 4) is 0 Å². The van der Waals surface area contributed by atoms with Crippen LogP contribution >= 0.6 is 0 Å². The summed E-state index contributed by atoms with van der Waals surface area (Å²) in [6.07, 6.45) is -1.72. The van der Waals surface area contributed by atoms with E-state index in [2.05, 4.69) is 4.90 Å². The molecule has 0 aromatic carbocycles. The van der Waals surface area contributed by atoms with Crippen molar-refractivity contribution in [1.82, 2.24) is 4.90 Å². The van der Waals surface area contributed by atoms with Crippen molar-refractivity contribution >= 4 is 5.97 Å². The van der Waals surface area contributed by atoms with Crippen LogP contribution in [-0.2, 0) is 4.79 Å². The van der Waals surface area contributed by atoms with Gasteiger partial charge in [-0.15, -0.1) is 0 Å². The van der Waals surface area contributed by atoms with Gasteiger partial charge in [0.1, 0.15) is 0 Å². The summed E-state index contributed by atoms with van der Waals surface area (Å²) in [5, 5.41) is 9.14. The molecule has 2 rings (SSSR count). The summed E-state index contributed by atoms with van der Waals surface area (Å²) in [6.45, 7) is 1.92. The summed E-state index contributed by atoms with van der Waals surface area (Å²) in [5.41, 5.74) is 0. The average Bonchev–Trinajstić information content (AvgIpc) is 2.83. The molecular weight excluding hydrogens is 259 g/mol. The largest absolute Gasteiger partial charge is 0.481 e. The number of alkyl halides is 3. The lowest BCUT2D eigenvalue weighted by Gasteiger charge is -2.30. The minimum atomic E-state index is -4.09. The van der Waals surface area contributed by atoms with Crippen LogP contribution in [0.5, 0.6) is 0 Å². The van der Waals surface area contributed by atoms with Gasteiger partial charge in [0.2, 0.25) is 0 Å².